The van der Waals surface area contributed by atoms with Gasteiger partial charge in [-0.05, 0) is 12.5 Å². The van der Waals surface area contributed by atoms with E-state index in [1.807, 2.05) is 25.5 Å². The highest BCUT2D eigenvalue weighted by atomic mass is 32.2. The van der Waals surface area contributed by atoms with Crippen LogP contribution in [0.5, 0.6) is 0 Å². The number of rotatable bonds is 8. The molecule has 1 heterocycles. The van der Waals surface area contributed by atoms with Gasteiger partial charge in [-0.1, -0.05) is 27.7 Å². The van der Waals surface area contributed by atoms with Gasteiger partial charge < -0.3 is 9.88 Å². The molecule has 0 spiro atoms. The lowest BCUT2D eigenvalue weighted by molar-refractivity contribution is 0.427. The van der Waals surface area contributed by atoms with E-state index in [0.29, 0.717) is 30.6 Å². The molecule has 0 saturated heterocycles. The second kappa shape index (κ2) is 7.24. The van der Waals surface area contributed by atoms with E-state index in [4.69, 9.17) is 0 Å². The van der Waals surface area contributed by atoms with Crippen molar-refractivity contribution in [3.05, 3.63) is 18.0 Å². The standard InChI is InChI=1S/C14H27N3O2S/c1-6-8-17(7-2)20(18,19)14-9-13(16(5)11-14)10-15-12(3)4/h9,11-12,15H,6-8,10H2,1-5H3. The first-order chi connectivity index (χ1) is 9.32. The van der Waals surface area contributed by atoms with Gasteiger partial charge in [-0.15, -0.1) is 0 Å². The summed E-state index contributed by atoms with van der Waals surface area (Å²) in [4.78, 5) is 0.385. The Labute approximate surface area is 123 Å². The molecule has 1 N–H and O–H groups in total. The lowest BCUT2D eigenvalue weighted by Gasteiger charge is -2.18. The fraction of sp³-hybridized carbons (Fsp3) is 0.714. The van der Waals surface area contributed by atoms with Crippen molar-refractivity contribution in [2.24, 2.45) is 7.05 Å². The molecule has 1 rings (SSSR count). The summed E-state index contributed by atoms with van der Waals surface area (Å²) < 4.78 is 28.5. The zero-order valence-corrected chi connectivity index (χ0v) is 14.0. The maximum atomic E-state index is 12.5. The summed E-state index contributed by atoms with van der Waals surface area (Å²) in [6.45, 7) is 9.74. The largest absolute Gasteiger partial charge is 0.352 e. The maximum absolute atomic E-state index is 12.5. The second-order valence-electron chi connectivity index (χ2n) is 5.31. The number of nitrogens with zero attached hydrogens (tertiary/aromatic N) is 2. The van der Waals surface area contributed by atoms with E-state index in [1.165, 1.54) is 4.31 Å². The molecule has 20 heavy (non-hydrogen) atoms. The summed E-state index contributed by atoms with van der Waals surface area (Å²) in [5, 5.41) is 3.31. The highest BCUT2D eigenvalue weighted by Crippen LogP contribution is 2.18. The van der Waals surface area contributed by atoms with Crippen molar-refractivity contribution >= 4 is 10.0 Å². The SMILES string of the molecule is CCCN(CC)S(=O)(=O)c1cc(CNC(C)C)n(C)c1. The number of sulfonamides is 1. The molecular formula is C14H27N3O2S. The van der Waals surface area contributed by atoms with Gasteiger partial charge in [0, 0.05) is 44.6 Å². The van der Waals surface area contributed by atoms with Gasteiger partial charge in [-0.25, -0.2) is 8.42 Å². The summed E-state index contributed by atoms with van der Waals surface area (Å²) in [6.07, 6.45) is 2.52. The molecule has 5 nitrogen and oxygen atoms in total. The fourth-order valence-corrected chi connectivity index (χ4v) is 3.69. The van der Waals surface area contributed by atoms with Crippen molar-refractivity contribution in [3.63, 3.8) is 0 Å². The van der Waals surface area contributed by atoms with Crippen molar-refractivity contribution < 1.29 is 8.42 Å². The van der Waals surface area contributed by atoms with Gasteiger partial charge in [0.2, 0.25) is 10.0 Å². The van der Waals surface area contributed by atoms with Crippen molar-refractivity contribution in [2.45, 2.75) is 51.6 Å². The molecule has 0 unspecified atom stereocenters. The predicted octanol–water partition coefficient (Wildman–Crippen LogP) is 1.94. The van der Waals surface area contributed by atoms with Crippen molar-refractivity contribution in [2.75, 3.05) is 13.1 Å². The van der Waals surface area contributed by atoms with Gasteiger partial charge in [0.1, 0.15) is 4.90 Å². The summed E-state index contributed by atoms with van der Waals surface area (Å²) in [6, 6.07) is 2.14. The third kappa shape index (κ3) is 4.07. The molecule has 1 aromatic heterocycles. The molecule has 0 fully saturated rings. The van der Waals surface area contributed by atoms with Gasteiger partial charge in [0.25, 0.3) is 0 Å². The molecule has 1 aromatic rings. The Morgan fingerprint density at radius 3 is 2.50 bits per heavy atom. The molecule has 0 aliphatic rings. The zero-order valence-electron chi connectivity index (χ0n) is 13.2. The number of nitrogens with one attached hydrogen (secondary N) is 1. The van der Waals surface area contributed by atoms with Crippen LogP contribution in [0.3, 0.4) is 0 Å². The monoisotopic (exact) mass is 301 g/mol. The van der Waals surface area contributed by atoms with Crippen LogP contribution in [-0.4, -0.2) is 36.4 Å². The van der Waals surface area contributed by atoms with Gasteiger partial charge in [0.05, 0.1) is 0 Å². The Kier molecular flexibility index (Phi) is 6.23. The number of hydrogen-bond acceptors (Lipinski definition) is 3. The minimum Gasteiger partial charge on any atom is -0.352 e. The maximum Gasteiger partial charge on any atom is 0.244 e. The highest BCUT2D eigenvalue weighted by molar-refractivity contribution is 7.89. The number of aromatic nitrogens is 1. The van der Waals surface area contributed by atoms with E-state index >= 15 is 0 Å². The van der Waals surface area contributed by atoms with Crippen molar-refractivity contribution in [3.8, 4) is 0 Å². The van der Waals surface area contributed by atoms with Gasteiger partial charge >= 0.3 is 0 Å². The molecule has 0 bridgehead atoms. The Morgan fingerprint density at radius 2 is 2.00 bits per heavy atom. The molecule has 0 aromatic carbocycles. The third-order valence-corrected chi connectivity index (χ3v) is 5.18. The predicted molar refractivity (Wildman–Crippen MR) is 82.1 cm³/mol. The molecule has 0 atom stereocenters. The summed E-state index contributed by atoms with van der Waals surface area (Å²) in [5.41, 5.74) is 0.977. The van der Waals surface area contributed by atoms with Gasteiger partial charge in [0.15, 0.2) is 0 Å². The molecule has 0 radical (unpaired) electrons. The van der Waals surface area contributed by atoms with Crippen molar-refractivity contribution in [1.29, 1.82) is 0 Å². The fourth-order valence-electron chi connectivity index (χ4n) is 2.05. The number of hydrogen-bond donors (Lipinski definition) is 1. The molecule has 116 valence electrons. The lowest BCUT2D eigenvalue weighted by atomic mass is 10.3. The summed E-state index contributed by atoms with van der Waals surface area (Å²) >= 11 is 0. The van der Waals surface area contributed by atoms with Crippen LogP contribution in [0.15, 0.2) is 17.2 Å². The molecule has 0 saturated carbocycles. The van der Waals surface area contributed by atoms with Crippen LogP contribution in [0.1, 0.15) is 39.8 Å². The van der Waals surface area contributed by atoms with E-state index in [9.17, 15) is 8.42 Å². The average molecular weight is 301 g/mol. The van der Waals surface area contributed by atoms with Crippen LogP contribution >= 0.6 is 0 Å². The Morgan fingerprint density at radius 1 is 1.35 bits per heavy atom. The topological polar surface area (TPSA) is 54.3 Å². The van der Waals surface area contributed by atoms with Gasteiger partial charge in [-0.3, -0.25) is 0 Å². The Hall–Kier alpha value is -0.850. The first-order valence-electron chi connectivity index (χ1n) is 7.21. The highest BCUT2D eigenvalue weighted by Gasteiger charge is 2.24. The quantitative estimate of drug-likeness (QED) is 0.798. The van der Waals surface area contributed by atoms with Crippen LogP contribution in [0, 0.1) is 0 Å². The van der Waals surface area contributed by atoms with Crippen LogP contribution < -0.4 is 5.32 Å². The first kappa shape index (κ1) is 17.2. The van der Waals surface area contributed by atoms with Crippen LogP contribution in [0.2, 0.25) is 0 Å². The second-order valence-corrected chi connectivity index (χ2v) is 7.25. The van der Waals surface area contributed by atoms with Gasteiger partial charge in [-0.2, -0.15) is 4.31 Å². The molecule has 0 aliphatic heterocycles. The summed E-state index contributed by atoms with van der Waals surface area (Å²) in [5.74, 6) is 0. The van der Waals surface area contributed by atoms with E-state index in [2.05, 4.69) is 19.2 Å². The summed E-state index contributed by atoms with van der Waals surface area (Å²) in [7, 11) is -1.49. The number of aryl methyl sites for hydroxylation is 1. The van der Waals surface area contributed by atoms with E-state index in [1.54, 1.807) is 12.3 Å². The normalized spacial score (nSPS) is 12.6. The molecule has 0 aliphatic carbocycles. The Bertz CT molecular complexity index is 521. The zero-order chi connectivity index (χ0) is 15.3. The molecule has 0 amide bonds. The Balaban J connectivity index is 2.99. The smallest absolute Gasteiger partial charge is 0.244 e. The average Bonchev–Trinajstić information content (AvgIpc) is 2.75. The van der Waals surface area contributed by atoms with E-state index in [-0.39, 0.29) is 0 Å². The van der Waals surface area contributed by atoms with Crippen LogP contribution in [0.4, 0.5) is 0 Å². The lowest BCUT2D eigenvalue weighted by Crippen LogP contribution is -2.31. The van der Waals surface area contributed by atoms with Crippen LogP contribution in [0.25, 0.3) is 0 Å². The van der Waals surface area contributed by atoms with Crippen LogP contribution in [-0.2, 0) is 23.6 Å². The molecular weight excluding hydrogens is 274 g/mol. The van der Waals surface area contributed by atoms with Crippen molar-refractivity contribution in [1.82, 2.24) is 14.2 Å². The van der Waals surface area contributed by atoms with E-state index < -0.39 is 10.0 Å². The first-order valence-corrected chi connectivity index (χ1v) is 8.65. The molecule has 6 heteroatoms. The van der Waals surface area contributed by atoms with E-state index in [0.717, 1.165) is 12.1 Å². The third-order valence-electron chi connectivity index (χ3n) is 3.24. The minimum absolute atomic E-state index is 0.372. The minimum atomic E-state index is -3.37.